The van der Waals surface area contributed by atoms with Gasteiger partial charge in [0.05, 0.1) is 23.7 Å². The Kier molecular flexibility index (Phi) is 5.17. The van der Waals surface area contributed by atoms with Crippen LogP contribution in [0.2, 0.25) is 0 Å². The number of hydrogen-bond donors (Lipinski definition) is 0. The molecular formula is C18H19F3N6. The summed E-state index contributed by atoms with van der Waals surface area (Å²) in [6, 6.07) is 4.55. The van der Waals surface area contributed by atoms with Crippen LogP contribution in [0.15, 0.2) is 18.3 Å². The van der Waals surface area contributed by atoms with Crippen molar-refractivity contribution in [1.82, 2.24) is 15.2 Å². The van der Waals surface area contributed by atoms with E-state index in [0.29, 0.717) is 37.7 Å². The number of rotatable bonds is 3. The standard InChI is InChI=1S/C18H19F3N6/c1-12-13(2)17(25-24-15(12)5-6-22)27-9-7-26(8-10-27)16-4-3-14(11-23-16)18(19,20)21/h3-4,11H,5,7-10H2,1-2H3. The summed E-state index contributed by atoms with van der Waals surface area (Å²) in [5.41, 5.74) is 1.90. The van der Waals surface area contributed by atoms with E-state index in [9.17, 15) is 13.2 Å². The Bertz CT molecular complexity index is 849. The number of aromatic nitrogens is 3. The van der Waals surface area contributed by atoms with E-state index >= 15 is 0 Å². The van der Waals surface area contributed by atoms with Crippen molar-refractivity contribution in [1.29, 1.82) is 5.26 Å². The Morgan fingerprint density at radius 2 is 1.70 bits per heavy atom. The zero-order valence-corrected chi connectivity index (χ0v) is 15.1. The second-order valence-electron chi connectivity index (χ2n) is 6.43. The molecule has 27 heavy (non-hydrogen) atoms. The summed E-state index contributed by atoms with van der Waals surface area (Å²) in [6.07, 6.45) is -3.28. The third kappa shape index (κ3) is 3.94. The largest absolute Gasteiger partial charge is 0.417 e. The van der Waals surface area contributed by atoms with Gasteiger partial charge in [-0.2, -0.15) is 23.5 Å². The van der Waals surface area contributed by atoms with Crippen LogP contribution in [0.5, 0.6) is 0 Å². The van der Waals surface area contributed by atoms with Gasteiger partial charge in [-0.3, -0.25) is 0 Å². The fourth-order valence-electron chi connectivity index (χ4n) is 3.07. The number of pyridine rings is 1. The average molecular weight is 376 g/mol. The van der Waals surface area contributed by atoms with Crippen molar-refractivity contribution in [2.24, 2.45) is 0 Å². The minimum absolute atomic E-state index is 0.229. The fraction of sp³-hybridized carbons (Fsp3) is 0.444. The molecule has 0 atom stereocenters. The number of piperazine rings is 1. The molecule has 1 aliphatic heterocycles. The Labute approximate surface area is 155 Å². The van der Waals surface area contributed by atoms with Gasteiger partial charge >= 0.3 is 6.18 Å². The normalized spacial score (nSPS) is 15.0. The van der Waals surface area contributed by atoms with Gasteiger partial charge in [-0.1, -0.05) is 0 Å². The monoisotopic (exact) mass is 376 g/mol. The number of hydrogen-bond acceptors (Lipinski definition) is 6. The lowest BCUT2D eigenvalue weighted by atomic mass is 10.1. The first-order valence-corrected chi connectivity index (χ1v) is 8.54. The minimum Gasteiger partial charge on any atom is -0.353 e. The quantitative estimate of drug-likeness (QED) is 0.821. The zero-order valence-electron chi connectivity index (χ0n) is 15.1. The molecule has 3 rings (SSSR count). The first-order chi connectivity index (χ1) is 12.8. The van der Waals surface area contributed by atoms with E-state index in [0.717, 1.165) is 29.2 Å². The molecule has 0 radical (unpaired) electrons. The summed E-state index contributed by atoms with van der Waals surface area (Å²) in [7, 11) is 0. The summed E-state index contributed by atoms with van der Waals surface area (Å²) in [5.74, 6) is 1.32. The number of halogens is 3. The van der Waals surface area contributed by atoms with Gasteiger partial charge in [-0.05, 0) is 37.1 Å². The molecule has 0 spiro atoms. The highest BCUT2D eigenvalue weighted by Gasteiger charge is 2.31. The van der Waals surface area contributed by atoms with Crippen LogP contribution in [-0.4, -0.2) is 41.4 Å². The van der Waals surface area contributed by atoms with Gasteiger partial charge in [0.1, 0.15) is 5.82 Å². The zero-order chi connectivity index (χ0) is 19.6. The molecule has 0 amide bonds. The molecule has 1 saturated heterocycles. The van der Waals surface area contributed by atoms with Crippen LogP contribution < -0.4 is 9.80 Å². The summed E-state index contributed by atoms with van der Waals surface area (Å²) in [6.45, 7) is 6.47. The Morgan fingerprint density at radius 1 is 1.04 bits per heavy atom. The van der Waals surface area contributed by atoms with Crippen molar-refractivity contribution < 1.29 is 13.2 Å². The van der Waals surface area contributed by atoms with Crippen LogP contribution in [0, 0.1) is 25.2 Å². The maximum atomic E-state index is 12.7. The van der Waals surface area contributed by atoms with Gasteiger partial charge in [0, 0.05) is 32.4 Å². The van der Waals surface area contributed by atoms with E-state index in [-0.39, 0.29) is 6.42 Å². The Hall–Kier alpha value is -2.89. The second kappa shape index (κ2) is 7.39. The number of nitriles is 1. The van der Waals surface area contributed by atoms with Crippen LogP contribution in [-0.2, 0) is 12.6 Å². The maximum absolute atomic E-state index is 12.7. The van der Waals surface area contributed by atoms with Gasteiger partial charge in [0.2, 0.25) is 0 Å². The lowest BCUT2D eigenvalue weighted by molar-refractivity contribution is -0.137. The number of nitrogens with zero attached hydrogens (tertiary/aromatic N) is 6. The molecule has 6 nitrogen and oxygen atoms in total. The molecule has 0 N–H and O–H groups in total. The molecule has 1 aliphatic rings. The average Bonchev–Trinajstić information content (AvgIpc) is 2.65. The Balaban J connectivity index is 1.69. The van der Waals surface area contributed by atoms with E-state index in [4.69, 9.17) is 5.26 Å². The topological polar surface area (TPSA) is 68.9 Å². The summed E-state index contributed by atoms with van der Waals surface area (Å²) < 4.78 is 38.0. The smallest absolute Gasteiger partial charge is 0.353 e. The lowest BCUT2D eigenvalue weighted by Crippen LogP contribution is -2.47. The lowest BCUT2D eigenvalue weighted by Gasteiger charge is -2.36. The third-order valence-corrected chi connectivity index (χ3v) is 4.82. The molecule has 0 bridgehead atoms. The predicted molar refractivity (Wildman–Crippen MR) is 94.5 cm³/mol. The fourth-order valence-corrected chi connectivity index (χ4v) is 3.07. The van der Waals surface area contributed by atoms with E-state index in [1.54, 1.807) is 0 Å². The Morgan fingerprint density at radius 3 is 2.26 bits per heavy atom. The number of alkyl halides is 3. The number of anilines is 2. The van der Waals surface area contributed by atoms with Gasteiger partial charge in [-0.15, -0.1) is 5.10 Å². The first-order valence-electron chi connectivity index (χ1n) is 8.54. The summed E-state index contributed by atoms with van der Waals surface area (Å²) in [5, 5.41) is 17.3. The SMILES string of the molecule is Cc1c(CC#N)nnc(N2CCN(c3ccc(C(F)(F)F)cn3)CC2)c1C. The van der Waals surface area contributed by atoms with Gasteiger partial charge in [0.25, 0.3) is 0 Å². The van der Waals surface area contributed by atoms with E-state index < -0.39 is 11.7 Å². The molecule has 1 fully saturated rings. The van der Waals surface area contributed by atoms with Gasteiger partial charge in [0.15, 0.2) is 5.82 Å². The van der Waals surface area contributed by atoms with Crippen LogP contribution in [0.1, 0.15) is 22.4 Å². The second-order valence-corrected chi connectivity index (χ2v) is 6.43. The highest BCUT2D eigenvalue weighted by Crippen LogP contribution is 2.30. The van der Waals surface area contributed by atoms with Crippen LogP contribution in [0.4, 0.5) is 24.8 Å². The molecular weight excluding hydrogens is 357 g/mol. The van der Waals surface area contributed by atoms with Gasteiger partial charge < -0.3 is 9.80 Å². The third-order valence-electron chi connectivity index (χ3n) is 4.82. The van der Waals surface area contributed by atoms with Crippen molar-refractivity contribution in [3.05, 3.63) is 40.7 Å². The molecule has 2 aromatic heterocycles. The first kappa shape index (κ1) is 18.9. The van der Waals surface area contributed by atoms with Crippen LogP contribution in [0.25, 0.3) is 0 Å². The van der Waals surface area contributed by atoms with E-state index in [1.165, 1.54) is 6.07 Å². The van der Waals surface area contributed by atoms with Crippen molar-refractivity contribution in [2.45, 2.75) is 26.4 Å². The highest BCUT2D eigenvalue weighted by molar-refractivity contribution is 5.52. The van der Waals surface area contributed by atoms with Crippen LogP contribution >= 0.6 is 0 Å². The molecule has 0 aromatic carbocycles. The molecule has 142 valence electrons. The van der Waals surface area contributed by atoms with Crippen molar-refractivity contribution >= 4 is 11.6 Å². The molecule has 0 unspecified atom stereocenters. The summed E-state index contributed by atoms with van der Waals surface area (Å²) in [4.78, 5) is 8.02. The van der Waals surface area contributed by atoms with Crippen LogP contribution in [0.3, 0.4) is 0 Å². The molecule has 2 aromatic rings. The molecule has 9 heteroatoms. The minimum atomic E-state index is -4.38. The van der Waals surface area contributed by atoms with Gasteiger partial charge in [-0.25, -0.2) is 4.98 Å². The van der Waals surface area contributed by atoms with E-state index in [1.807, 2.05) is 18.7 Å². The van der Waals surface area contributed by atoms with Crippen molar-refractivity contribution in [3.8, 4) is 6.07 Å². The summed E-state index contributed by atoms with van der Waals surface area (Å²) >= 11 is 0. The van der Waals surface area contributed by atoms with Crippen molar-refractivity contribution in [3.63, 3.8) is 0 Å². The predicted octanol–water partition coefficient (Wildman–Crippen LogP) is 2.90. The molecule has 3 heterocycles. The molecule has 0 aliphatic carbocycles. The van der Waals surface area contributed by atoms with E-state index in [2.05, 4.69) is 26.2 Å². The van der Waals surface area contributed by atoms with Crippen molar-refractivity contribution in [2.75, 3.05) is 36.0 Å². The maximum Gasteiger partial charge on any atom is 0.417 e. The molecule has 0 saturated carbocycles. The highest BCUT2D eigenvalue weighted by atomic mass is 19.4.